The molecule has 0 fully saturated rings. The topological polar surface area (TPSA) is 76.0 Å². The summed E-state index contributed by atoms with van der Waals surface area (Å²) in [6.07, 6.45) is 2.28. The van der Waals surface area contributed by atoms with Gasteiger partial charge in [0, 0.05) is 24.2 Å². The molecular formula is C15H17ClN4O2. The summed E-state index contributed by atoms with van der Waals surface area (Å²) in [5.74, 6) is -0.595. The Kier molecular flexibility index (Phi) is 5.16. The van der Waals surface area contributed by atoms with Gasteiger partial charge in [-0.15, -0.1) is 0 Å². The Labute approximate surface area is 133 Å². The van der Waals surface area contributed by atoms with Crippen LogP contribution >= 0.6 is 11.6 Å². The number of carbonyl (C=O) groups is 2. The van der Waals surface area contributed by atoms with Gasteiger partial charge in [-0.3, -0.25) is 14.3 Å². The van der Waals surface area contributed by atoms with Crippen LogP contribution in [0.5, 0.6) is 0 Å². The highest BCUT2D eigenvalue weighted by atomic mass is 35.5. The predicted molar refractivity (Wildman–Crippen MR) is 85.2 cm³/mol. The van der Waals surface area contributed by atoms with E-state index in [-0.39, 0.29) is 11.8 Å². The van der Waals surface area contributed by atoms with Crippen LogP contribution in [0.2, 0.25) is 5.02 Å². The summed E-state index contributed by atoms with van der Waals surface area (Å²) < 4.78 is 1.43. The van der Waals surface area contributed by atoms with E-state index in [1.807, 2.05) is 6.92 Å². The summed E-state index contributed by atoms with van der Waals surface area (Å²) in [7, 11) is 1.65. The molecule has 0 bridgehead atoms. The molecule has 0 atom stereocenters. The van der Waals surface area contributed by atoms with Crippen LogP contribution in [-0.4, -0.2) is 28.1 Å². The highest BCUT2D eigenvalue weighted by Gasteiger charge is 2.18. The van der Waals surface area contributed by atoms with E-state index in [4.69, 9.17) is 11.6 Å². The third kappa shape index (κ3) is 3.65. The van der Waals surface area contributed by atoms with Gasteiger partial charge in [0.1, 0.15) is 5.69 Å². The number of hydrogen-bond acceptors (Lipinski definition) is 3. The molecule has 0 spiro atoms. The predicted octanol–water partition coefficient (Wildman–Crippen LogP) is 2.47. The molecule has 1 aromatic carbocycles. The van der Waals surface area contributed by atoms with Crippen molar-refractivity contribution in [2.75, 3.05) is 11.9 Å². The number of nitrogens with one attached hydrogen (secondary N) is 2. The third-order valence-electron chi connectivity index (χ3n) is 3.04. The zero-order valence-corrected chi connectivity index (χ0v) is 13.1. The largest absolute Gasteiger partial charge is 0.351 e. The Morgan fingerprint density at radius 3 is 2.55 bits per heavy atom. The molecule has 6 nitrogen and oxygen atoms in total. The fraction of sp³-hybridized carbons (Fsp3) is 0.267. The first-order chi connectivity index (χ1) is 10.5. The van der Waals surface area contributed by atoms with E-state index in [1.54, 1.807) is 31.3 Å². The van der Waals surface area contributed by atoms with Crippen molar-refractivity contribution in [2.45, 2.75) is 13.3 Å². The van der Waals surface area contributed by atoms with Crippen molar-refractivity contribution in [2.24, 2.45) is 7.05 Å². The molecule has 2 rings (SSSR count). The van der Waals surface area contributed by atoms with Gasteiger partial charge in [0.05, 0.1) is 11.9 Å². The molecule has 0 saturated carbocycles. The fourth-order valence-corrected chi connectivity index (χ4v) is 2.04. The van der Waals surface area contributed by atoms with E-state index in [0.29, 0.717) is 28.5 Å². The Morgan fingerprint density at radius 2 is 1.91 bits per heavy atom. The zero-order valence-electron chi connectivity index (χ0n) is 12.4. The fourth-order valence-electron chi connectivity index (χ4n) is 1.92. The first-order valence-corrected chi connectivity index (χ1v) is 7.27. The van der Waals surface area contributed by atoms with Gasteiger partial charge in [-0.2, -0.15) is 5.10 Å². The van der Waals surface area contributed by atoms with E-state index >= 15 is 0 Å². The molecule has 1 heterocycles. The van der Waals surface area contributed by atoms with E-state index < -0.39 is 0 Å². The molecule has 0 aliphatic carbocycles. The Morgan fingerprint density at radius 1 is 1.23 bits per heavy atom. The summed E-state index contributed by atoms with van der Waals surface area (Å²) in [6, 6.07) is 6.50. The standard InChI is InChI=1S/C15H17ClN4O2/c1-3-8-17-15(22)13-12(9-18-20(13)2)19-14(21)10-4-6-11(16)7-5-10/h4-7,9H,3,8H2,1-2H3,(H,17,22)(H,19,21). The minimum atomic E-state index is -0.325. The minimum Gasteiger partial charge on any atom is -0.351 e. The van der Waals surface area contributed by atoms with Gasteiger partial charge in [-0.05, 0) is 30.7 Å². The van der Waals surface area contributed by atoms with Crippen LogP contribution in [0.25, 0.3) is 0 Å². The average molecular weight is 321 g/mol. The summed E-state index contributed by atoms with van der Waals surface area (Å²) >= 11 is 5.80. The summed E-state index contributed by atoms with van der Waals surface area (Å²) in [5, 5.41) is 10.0. The highest BCUT2D eigenvalue weighted by molar-refractivity contribution is 6.30. The molecule has 22 heavy (non-hydrogen) atoms. The summed E-state index contributed by atoms with van der Waals surface area (Å²) in [6.45, 7) is 2.53. The summed E-state index contributed by atoms with van der Waals surface area (Å²) in [5.41, 5.74) is 1.14. The number of amides is 2. The maximum atomic E-state index is 12.2. The number of benzene rings is 1. The Hall–Kier alpha value is -2.34. The maximum absolute atomic E-state index is 12.2. The lowest BCUT2D eigenvalue weighted by Gasteiger charge is -2.08. The SMILES string of the molecule is CCCNC(=O)c1c(NC(=O)c2ccc(Cl)cc2)cnn1C. The van der Waals surface area contributed by atoms with Gasteiger partial charge in [0.2, 0.25) is 0 Å². The molecule has 0 saturated heterocycles. The normalized spacial score (nSPS) is 10.3. The lowest BCUT2D eigenvalue weighted by Crippen LogP contribution is -2.27. The van der Waals surface area contributed by atoms with Crippen LogP contribution in [-0.2, 0) is 7.05 Å². The van der Waals surface area contributed by atoms with Gasteiger partial charge in [-0.1, -0.05) is 18.5 Å². The molecule has 0 aliphatic heterocycles. The summed E-state index contributed by atoms with van der Waals surface area (Å²) in [4.78, 5) is 24.3. The molecule has 2 amide bonds. The van der Waals surface area contributed by atoms with Crippen LogP contribution in [0.3, 0.4) is 0 Å². The van der Waals surface area contributed by atoms with E-state index in [9.17, 15) is 9.59 Å². The number of nitrogens with zero attached hydrogens (tertiary/aromatic N) is 2. The minimum absolute atomic E-state index is 0.270. The molecule has 1 aromatic heterocycles. The lowest BCUT2D eigenvalue weighted by molar-refractivity contribution is 0.0945. The average Bonchev–Trinajstić information content (AvgIpc) is 2.86. The second-order valence-electron chi connectivity index (χ2n) is 4.75. The van der Waals surface area contributed by atoms with Crippen LogP contribution < -0.4 is 10.6 Å². The van der Waals surface area contributed by atoms with Crippen molar-refractivity contribution in [1.29, 1.82) is 0 Å². The van der Waals surface area contributed by atoms with Crippen molar-refractivity contribution in [3.05, 3.63) is 46.7 Å². The van der Waals surface area contributed by atoms with Gasteiger partial charge in [-0.25, -0.2) is 0 Å². The van der Waals surface area contributed by atoms with Gasteiger partial charge < -0.3 is 10.6 Å². The van der Waals surface area contributed by atoms with Crippen LogP contribution in [0.15, 0.2) is 30.5 Å². The first kappa shape index (κ1) is 16.0. The number of anilines is 1. The number of carbonyl (C=O) groups excluding carboxylic acids is 2. The van der Waals surface area contributed by atoms with E-state index in [1.165, 1.54) is 10.9 Å². The molecule has 2 N–H and O–H groups in total. The molecule has 2 aromatic rings. The van der Waals surface area contributed by atoms with E-state index in [0.717, 1.165) is 6.42 Å². The van der Waals surface area contributed by atoms with Crippen molar-refractivity contribution in [3.63, 3.8) is 0 Å². The van der Waals surface area contributed by atoms with Crippen LogP contribution in [0.4, 0.5) is 5.69 Å². The maximum Gasteiger partial charge on any atom is 0.271 e. The number of hydrogen-bond donors (Lipinski definition) is 2. The van der Waals surface area contributed by atoms with E-state index in [2.05, 4.69) is 15.7 Å². The van der Waals surface area contributed by atoms with Gasteiger partial charge in [0.15, 0.2) is 0 Å². The molecule has 0 radical (unpaired) electrons. The quantitative estimate of drug-likeness (QED) is 0.888. The lowest BCUT2D eigenvalue weighted by atomic mass is 10.2. The van der Waals surface area contributed by atoms with Gasteiger partial charge >= 0.3 is 0 Å². The molecular weight excluding hydrogens is 304 g/mol. The van der Waals surface area contributed by atoms with Gasteiger partial charge in [0.25, 0.3) is 11.8 Å². The smallest absolute Gasteiger partial charge is 0.271 e. The number of halogens is 1. The third-order valence-corrected chi connectivity index (χ3v) is 3.30. The zero-order chi connectivity index (χ0) is 16.1. The van der Waals surface area contributed by atoms with Crippen molar-refractivity contribution < 1.29 is 9.59 Å². The number of rotatable bonds is 5. The molecule has 0 aliphatic rings. The van der Waals surface area contributed by atoms with Crippen molar-refractivity contribution in [1.82, 2.24) is 15.1 Å². The second kappa shape index (κ2) is 7.09. The van der Waals surface area contributed by atoms with Crippen LogP contribution in [0.1, 0.15) is 34.2 Å². The second-order valence-corrected chi connectivity index (χ2v) is 5.18. The van der Waals surface area contributed by atoms with Crippen molar-refractivity contribution in [3.8, 4) is 0 Å². The number of aryl methyl sites for hydroxylation is 1. The monoisotopic (exact) mass is 320 g/mol. The van der Waals surface area contributed by atoms with Crippen LogP contribution in [0, 0.1) is 0 Å². The molecule has 7 heteroatoms. The number of aromatic nitrogens is 2. The van der Waals surface area contributed by atoms with Crippen molar-refractivity contribution >= 4 is 29.1 Å². The molecule has 0 unspecified atom stereocenters. The highest BCUT2D eigenvalue weighted by Crippen LogP contribution is 2.16. The first-order valence-electron chi connectivity index (χ1n) is 6.90. The Balaban J connectivity index is 2.17. The molecule has 116 valence electrons. The Bertz CT molecular complexity index is 679.